The molecular formula is C32H44FN3O3S. The van der Waals surface area contributed by atoms with E-state index < -0.39 is 5.91 Å². The van der Waals surface area contributed by atoms with Crippen LogP contribution in [0, 0.1) is 5.92 Å². The van der Waals surface area contributed by atoms with Gasteiger partial charge in [0.15, 0.2) is 12.3 Å². The van der Waals surface area contributed by atoms with Crippen LogP contribution in [0.1, 0.15) is 91.7 Å². The Hall–Kier alpha value is -2.58. The minimum absolute atomic E-state index is 0.137. The summed E-state index contributed by atoms with van der Waals surface area (Å²) in [5.41, 5.74) is 3.82. The number of amides is 2. The second kappa shape index (κ2) is 15.4. The summed E-state index contributed by atoms with van der Waals surface area (Å²) in [6.07, 6.45) is 16.4. The molecule has 6 nitrogen and oxygen atoms in total. The fraction of sp³-hybridized carbons (Fsp3) is 0.562. The number of carbonyl (C=O) groups is 2. The van der Waals surface area contributed by atoms with Gasteiger partial charge in [-0.1, -0.05) is 56.7 Å². The van der Waals surface area contributed by atoms with E-state index in [9.17, 15) is 13.5 Å². The number of hydrogen-bond acceptors (Lipinski definition) is 4. The molecule has 1 atom stereocenters. The first kappa shape index (κ1) is 30.4. The molecule has 0 radical (unpaired) electrons. The van der Waals surface area contributed by atoms with Crippen molar-refractivity contribution < 1.29 is 18.2 Å². The van der Waals surface area contributed by atoms with Gasteiger partial charge in [0.2, 0.25) is 5.91 Å². The van der Waals surface area contributed by atoms with Gasteiger partial charge < -0.3 is 14.2 Å². The van der Waals surface area contributed by atoms with E-state index in [0.29, 0.717) is 57.2 Å². The van der Waals surface area contributed by atoms with E-state index in [1.165, 1.54) is 49.8 Å². The number of halogens is 1. The Bertz CT molecular complexity index is 1160. The van der Waals surface area contributed by atoms with Crippen molar-refractivity contribution in [2.45, 2.75) is 83.1 Å². The highest BCUT2D eigenvalue weighted by atomic mass is 32.2. The van der Waals surface area contributed by atoms with Gasteiger partial charge in [0.25, 0.3) is 5.91 Å². The van der Waals surface area contributed by atoms with Crippen molar-refractivity contribution in [3.8, 4) is 0 Å². The van der Waals surface area contributed by atoms with Crippen LogP contribution in [0.2, 0.25) is 0 Å². The van der Waals surface area contributed by atoms with Crippen molar-refractivity contribution in [2.24, 2.45) is 5.92 Å². The van der Waals surface area contributed by atoms with Gasteiger partial charge in [0, 0.05) is 48.2 Å². The smallest absolute Gasteiger partial charge is 0.263 e. The molecule has 1 unspecified atom stereocenters. The van der Waals surface area contributed by atoms with E-state index in [2.05, 4.69) is 22.4 Å². The number of ether oxygens (including phenoxy) is 1. The Morgan fingerprint density at radius 1 is 1.07 bits per heavy atom. The van der Waals surface area contributed by atoms with Crippen molar-refractivity contribution in [2.75, 3.05) is 26.3 Å². The molecule has 8 heteroatoms. The quantitative estimate of drug-likeness (QED) is 0.228. The monoisotopic (exact) mass is 569 g/mol. The molecule has 3 aliphatic rings. The maximum absolute atomic E-state index is 13.7. The average Bonchev–Trinajstić information content (AvgIpc) is 3.85. The van der Waals surface area contributed by atoms with Gasteiger partial charge >= 0.3 is 0 Å². The standard InChI is InChI=1S/C29H38FN3O3S.C3H6/c1-3-5-10-23(29(35)32-15-17-36-18-16-32)20-33-25(9-4-2)27(21-11-7-6-8-12-21)24-14-13-22(19-26(24)33)28(34)31-37-30;1-2-3-1/h3-4,13-14,19,21,23H,1-2,5-12,15-18,20H2,(H,31,34);1-3H2. The minimum Gasteiger partial charge on any atom is -0.378 e. The van der Waals surface area contributed by atoms with Crippen LogP contribution in [0.3, 0.4) is 0 Å². The molecule has 5 rings (SSSR count). The molecule has 2 aromatic rings. The highest BCUT2D eigenvalue weighted by molar-refractivity contribution is 7.92. The lowest BCUT2D eigenvalue weighted by molar-refractivity contribution is -0.140. The van der Waals surface area contributed by atoms with Gasteiger partial charge in [-0.15, -0.1) is 17.0 Å². The molecule has 2 saturated carbocycles. The van der Waals surface area contributed by atoms with E-state index in [1.54, 1.807) is 6.07 Å². The number of hydrogen-bond donors (Lipinski definition) is 1. The van der Waals surface area contributed by atoms with Crippen LogP contribution in [0.15, 0.2) is 43.5 Å². The van der Waals surface area contributed by atoms with E-state index in [4.69, 9.17) is 4.74 Å². The summed E-state index contributed by atoms with van der Waals surface area (Å²) in [4.78, 5) is 28.1. The number of morpholine rings is 1. The number of nitrogens with zero attached hydrogens (tertiary/aromatic N) is 2. The molecule has 2 amide bonds. The van der Waals surface area contributed by atoms with Gasteiger partial charge in [-0.05, 0) is 49.3 Å². The highest BCUT2D eigenvalue weighted by Gasteiger charge is 2.30. The van der Waals surface area contributed by atoms with Gasteiger partial charge in [0.05, 0.1) is 19.1 Å². The van der Waals surface area contributed by atoms with Crippen molar-refractivity contribution in [1.82, 2.24) is 14.2 Å². The summed E-state index contributed by atoms with van der Waals surface area (Å²) < 4.78 is 22.7. The predicted molar refractivity (Wildman–Crippen MR) is 162 cm³/mol. The Morgan fingerprint density at radius 2 is 1.77 bits per heavy atom. The maximum atomic E-state index is 13.7. The molecule has 0 bridgehead atoms. The van der Waals surface area contributed by atoms with Crippen LogP contribution in [0.25, 0.3) is 10.9 Å². The zero-order valence-corrected chi connectivity index (χ0v) is 24.5. The van der Waals surface area contributed by atoms with Gasteiger partial charge in [-0.2, -0.15) is 0 Å². The third-order valence-corrected chi connectivity index (χ3v) is 8.37. The van der Waals surface area contributed by atoms with Crippen LogP contribution in [-0.2, 0) is 22.5 Å². The van der Waals surface area contributed by atoms with Crippen LogP contribution in [-0.4, -0.2) is 47.6 Å². The highest BCUT2D eigenvalue weighted by Crippen LogP contribution is 2.41. The zero-order valence-electron chi connectivity index (χ0n) is 23.7. The normalized spacial score (nSPS) is 18.0. The van der Waals surface area contributed by atoms with Gasteiger partial charge in [-0.3, -0.25) is 14.3 Å². The fourth-order valence-electron chi connectivity index (χ4n) is 5.95. The number of allylic oxidation sites excluding steroid dienone is 2. The predicted octanol–water partition coefficient (Wildman–Crippen LogP) is 7.29. The first-order valence-corrected chi connectivity index (χ1v) is 15.6. The van der Waals surface area contributed by atoms with Crippen LogP contribution < -0.4 is 4.72 Å². The number of benzene rings is 1. The molecule has 2 heterocycles. The summed E-state index contributed by atoms with van der Waals surface area (Å²) in [6, 6.07) is 5.63. The number of aromatic nitrogens is 1. The third-order valence-electron chi connectivity index (χ3n) is 8.11. The number of fused-ring (bicyclic) bond motifs is 1. The Morgan fingerprint density at radius 3 is 2.40 bits per heavy atom. The average molecular weight is 570 g/mol. The Kier molecular flexibility index (Phi) is 11.7. The van der Waals surface area contributed by atoms with Gasteiger partial charge in [-0.25, -0.2) is 0 Å². The van der Waals surface area contributed by atoms with Crippen LogP contribution in [0.4, 0.5) is 3.89 Å². The summed E-state index contributed by atoms with van der Waals surface area (Å²) in [5, 5.41) is 1.12. The van der Waals surface area contributed by atoms with Crippen LogP contribution >= 0.6 is 12.3 Å². The second-order valence-electron chi connectivity index (χ2n) is 11.1. The van der Waals surface area contributed by atoms with E-state index >= 15 is 0 Å². The first-order valence-electron chi connectivity index (χ1n) is 14.9. The summed E-state index contributed by atoms with van der Waals surface area (Å²) >= 11 is -0.197. The van der Waals surface area contributed by atoms with E-state index in [1.807, 2.05) is 29.2 Å². The molecular weight excluding hydrogens is 525 g/mol. The Balaban J connectivity index is 0.00000115. The van der Waals surface area contributed by atoms with E-state index in [0.717, 1.165) is 30.2 Å². The fourth-order valence-corrected chi connectivity index (χ4v) is 6.14. The first-order chi connectivity index (χ1) is 19.6. The SMILES string of the molecule is C1CC1.C=CCCC(Cn1c(CC=C)c(C2CCCCC2)c2ccc(C(=O)NSF)cc21)C(=O)N1CCOCC1. The molecule has 1 aliphatic heterocycles. The number of nitrogens with one attached hydrogen (secondary N) is 1. The van der Waals surface area contributed by atoms with Gasteiger partial charge in [0.1, 0.15) is 0 Å². The molecule has 3 fully saturated rings. The molecule has 1 aromatic carbocycles. The molecule has 2 aliphatic carbocycles. The third kappa shape index (κ3) is 7.78. The lowest BCUT2D eigenvalue weighted by Gasteiger charge is -2.31. The van der Waals surface area contributed by atoms with Crippen LogP contribution in [0.5, 0.6) is 0 Å². The lowest BCUT2D eigenvalue weighted by atomic mass is 9.82. The minimum atomic E-state index is -0.473. The number of carbonyl (C=O) groups excluding carboxylic acids is 2. The second-order valence-corrected chi connectivity index (χ2v) is 11.5. The summed E-state index contributed by atoms with van der Waals surface area (Å²) in [7, 11) is 0. The van der Waals surface area contributed by atoms with E-state index in [-0.39, 0.29) is 24.2 Å². The molecule has 1 saturated heterocycles. The molecule has 0 spiro atoms. The molecule has 40 heavy (non-hydrogen) atoms. The molecule has 1 aromatic heterocycles. The summed E-state index contributed by atoms with van der Waals surface area (Å²) in [6.45, 7) is 10.8. The zero-order chi connectivity index (χ0) is 28.3. The van der Waals surface area contributed by atoms with Crippen molar-refractivity contribution in [3.63, 3.8) is 0 Å². The number of rotatable bonds is 11. The molecule has 1 N–H and O–H groups in total. The summed E-state index contributed by atoms with van der Waals surface area (Å²) in [5.74, 6) is -0.124. The van der Waals surface area contributed by atoms with Crippen molar-refractivity contribution in [3.05, 3.63) is 60.3 Å². The van der Waals surface area contributed by atoms with Crippen molar-refractivity contribution in [1.29, 1.82) is 0 Å². The topological polar surface area (TPSA) is 63.6 Å². The largest absolute Gasteiger partial charge is 0.378 e. The maximum Gasteiger partial charge on any atom is 0.263 e. The molecule has 218 valence electrons. The Labute approximate surface area is 242 Å². The van der Waals surface area contributed by atoms with Crippen molar-refractivity contribution >= 4 is 35.1 Å². The lowest BCUT2D eigenvalue weighted by Crippen LogP contribution is -2.44.